The van der Waals surface area contributed by atoms with Gasteiger partial charge in [-0.25, -0.2) is 4.79 Å². The highest BCUT2D eigenvalue weighted by atomic mass is 16.2. The lowest BCUT2D eigenvalue weighted by Gasteiger charge is -2.25. The molecule has 3 aromatic rings. The van der Waals surface area contributed by atoms with Gasteiger partial charge in [0, 0.05) is 31.9 Å². The van der Waals surface area contributed by atoms with Crippen LogP contribution in [0.3, 0.4) is 0 Å². The average molecular weight is 450 g/mol. The minimum atomic E-state index is -0.677. The van der Waals surface area contributed by atoms with Gasteiger partial charge in [0.1, 0.15) is 5.82 Å². The molecule has 3 rings (SSSR count). The summed E-state index contributed by atoms with van der Waals surface area (Å²) in [4.78, 5) is 44.6. The number of hydrogen-bond donors (Lipinski definition) is 2. The molecule has 0 unspecified atom stereocenters. The molecule has 0 bridgehead atoms. The first-order chi connectivity index (χ1) is 15.7. The molecule has 8 nitrogen and oxygen atoms in total. The molecular weight excluding hydrogens is 418 g/mol. The molecule has 0 spiro atoms. The summed E-state index contributed by atoms with van der Waals surface area (Å²) in [5.41, 5.74) is 7.30. The molecule has 174 valence electrons. The number of carbonyl (C=O) groups excluding carboxylic acids is 1. The summed E-state index contributed by atoms with van der Waals surface area (Å²) >= 11 is 0. The van der Waals surface area contributed by atoms with E-state index in [9.17, 15) is 14.4 Å². The summed E-state index contributed by atoms with van der Waals surface area (Å²) in [5.74, 6) is -0.0790. The highest BCUT2D eigenvalue weighted by molar-refractivity contribution is 6.07. The topological polar surface area (TPSA) is 104 Å². The fourth-order valence-corrected chi connectivity index (χ4v) is 3.52. The summed E-state index contributed by atoms with van der Waals surface area (Å²) in [6, 6.07) is 16.5. The number of H-pyrrole nitrogens is 1. The Morgan fingerprint density at radius 2 is 1.67 bits per heavy atom. The Hall–Kier alpha value is -3.81. The van der Waals surface area contributed by atoms with Gasteiger partial charge in [-0.2, -0.15) is 0 Å². The smallest absolute Gasteiger partial charge is 0.330 e. The van der Waals surface area contributed by atoms with Crippen LogP contribution in [0.15, 0.2) is 64.2 Å². The number of aromatic nitrogens is 2. The first kappa shape index (κ1) is 23.8. The monoisotopic (exact) mass is 449 g/mol. The quantitative estimate of drug-likeness (QED) is 0.550. The van der Waals surface area contributed by atoms with Crippen molar-refractivity contribution in [2.45, 2.75) is 26.8 Å². The van der Waals surface area contributed by atoms with Gasteiger partial charge in [0.15, 0.2) is 5.69 Å². The van der Waals surface area contributed by atoms with Crippen molar-refractivity contribution in [3.63, 3.8) is 0 Å². The van der Waals surface area contributed by atoms with Crippen LogP contribution in [-0.4, -0.2) is 36.1 Å². The summed E-state index contributed by atoms with van der Waals surface area (Å²) < 4.78 is 1.29. The molecule has 33 heavy (non-hydrogen) atoms. The van der Waals surface area contributed by atoms with Crippen molar-refractivity contribution < 1.29 is 4.79 Å². The maximum atomic E-state index is 13.5. The number of nitrogens with two attached hydrogens (primary N) is 1. The van der Waals surface area contributed by atoms with Gasteiger partial charge < -0.3 is 15.5 Å². The summed E-state index contributed by atoms with van der Waals surface area (Å²) in [7, 11) is 3.84. The standard InChI is InChI=1S/C25H31N5O3/c1-17(2)14-15-29(24(32)19-10-12-20(13-11-19)28(3)4)21-22(26)30(25(33)27-23(21)31)16-18-8-6-5-7-9-18/h5-13,17H,14-16,26H2,1-4H3,(H,27,31,33). The van der Waals surface area contributed by atoms with Crippen molar-refractivity contribution in [1.82, 2.24) is 9.55 Å². The van der Waals surface area contributed by atoms with E-state index in [0.29, 0.717) is 24.4 Å². The molecule has 0 atom stereocenters. The molecule has 2 aromatic carbocycles. The SMILES string of the molecule is CC(C)CCN(C(=O)c1ccc(N(C)C)cc1)c1c(N)n(Cc2ccccc2)c(=O)[nH]c1=O. The summed E-state index contributed by atoms with van der Waals surface area (Å²) in [6.45, 7) is 4.55. The van der Waals surface area contributed by atoms with Crippen molar-refractivity contribution in [3.05, 3.63) is 86.6 Å². The van der Waals surface area contributed by atoms with Gasteiger partial charge in [0.25, 0.3) is 11.5 Å². The Balaban J connectivity index is 2.08. The number of anilines is 3. The lowest BCUT2D eigenvalue weighted by Crippen LogP contribution is -2.42. The fourth-order valence-electron chi connectivity index (χ4n) is 3.52. The zero-order valence-electron chi connectivity index (χ0n) is 19.5. The summed E-state index contributed by atoms with van der Waals surface area (Å²) in [5, 5.41) is 0. The molecule has 0 saturated carbocycles. The van der Waals surface area contributed by atoms with Gasteiger partial charge >= 0.3 is 5.69 Å². The number of rotatable bonds is 8. The van der Waals surface area contributed by atoms with E-state index in [1.807, 2.05) is 75.3 Å². The molecule has 0 saturated heterocycles. The molecule has 0 radical (unpaired) electrons. The zero-order valence-corrected chi connectivity index (χ0v) is 19.5. The van der Waals surface area contributed by atoms with Crippen LogP contribution >= 0.6 is 0 Å². The Morgan fingerprint density at radius 1 is 1.03 bits per heavy atom. The van der Waals surface area contributed by atoms with E-state index >= 15 is 0 Å². The van der Waals surface area contributed by atoms with Crippen molar-refractivity contribution in [1.29, 1.82) is 0 Å². The third-order valence-corrected chi connectivity index (χ3v) is 5.47. The highest BCUT2D eigenvalue weighted by Gasteiger charge is 2.25. The average Bonchev–Trinajstić information content (AvgIpc) is 2.79. The Bertz CT molecular complexity index is 1210. The Labute approximate surface area is 193 Å². The van der Waals surface area contributed by atoms with Crippen molar-refractivity contribution in [3.8, 4) is 0 Å². The molecule has 3 N–H and O–H groups in total. The van der Waals surface area contributed by atoms with E-state index in [0.717, 1.165) is 11.3 Å². The maximum absolute atomic E-state index is 13.5. The number of nitrogens with zero attached hydrogens (tertiary/aromatic N) is 3. The first-order valence-corrected chi connectivity index (χ1v) is 10.9. The van der Waals surface area contributed by atoms with E-state index < -0.39 is 11.2 Å². The van der Waals surface area contributed by atoms with E-state index in [-0.39, 0.29) is 24.0 Å². The molecule has 8 heteroatoms. The first-order valence-electron chi connectivity index (χ1n) is 10.9. The lowest BCUT2D eigenvalue weighted by molar-refractivity contribution is 0.0985. The third kappa shape index (κ3) is 5.52. The molecule has 1 amide bonds. The number of carbonyl (C=O) groups is 1. The van der Waals surface area contributed by atoms with Crippen LogP contribution in [0.4, 0.5) is 17.2 Å². The number of amides is 1. The number of nitrogens with one attached hydrogen (secondary N) is 1. The van der Waals surface area contributed by atoms with Crippen LogP contribution in [0.2, 0.25) is 0 Å². The van der Waals surface area contributed by atoms with Gasteiger partial charge in [0.05, 0.1) is 6.54 Å². The second-order valence-electron chi connectivity index (χ2n) is 8.65. The normalized spacial score (nSPS) is 10.9. The lowest BCUT2D eigenvalue weighted by atomic mass is 10.1. The van der Waals surface area contributed by atoms with Crippen LogP contribution in [0.25, 0.3) is 0 Å². The number of nitrogen functional groups attached to an aromatic ring is 1. The fraction of sp³-hybridized carbons (Fsp3) is 0.320. The maximum Gasteiger partial charge on any atom is 0.330 e. The summed E-state index contributed by atoms with van der Waals surface area (Å²) in [6.07, 6.45) is 0.665. The minimum Gasteiger partial charge on any atom is -0.383 e. The van der Waals surface area contributed by atoms with E-state index in [2.05, 4.69) is 4.98 Å². The second kappa shape index (κ2) is 10.2. The molecule has 0 aliphatic carbocycles. The predicted molar refractivity (Wildman–Crippen MR) is 133 cm³/mol. The third-order valence-electron chi connectivity index (χ3n) is 5.47. The number of aromatic amines is 1. The number of hydrogen-bond acceptors (Lipinski definition) is 5. The molecule has 0 aliphatic heterocycles. The van der Waals surface area contributed by atoms with Gasteiger partial charge in [-0.05, 0) is 42.2 Å². The van der Waals surface area contributed by atoms with Crippen LogP contribution < -0.4 is 26.8 Å². The molecule has 1 heterocycles. The van der Waals surface area contributed by atoms with Crippen LogP contribution in [0, 0.1) is 5.92 Å². The van der Waals surface area contributed by atoms with Crippen molar-refractivity contribution in [2.24, 2.45) is 5.92 Å². The van der Waals surface area contributed by atoms with Crippen molar-refractivity contribution in [2.75, 3.05) is 36.2 Å². The van der Waals surface area contributed by atoms with E-state index in [1.165, 1.54) is 9.47 Å². The Morgan fingerprint density at radius 3 is 2.24 bits per heavy atom. The molecule has 0 aliphatic rings. The number of benzene rings is 2. The highest BCUT2D eigenvalue weighted by Crippen LogP contribution is 2.22. The second-order valence-corrected chi connectivity index (χ2v) is 8.65. The molecule has 0 fully saturated rings. The zero-order chi connectivity index (χ0) is 24.1. The van der Waals surface area contributed by atoms with Crippen LogP contribution in [0.5, 0.6) is 0 Å². The van der Waals surface area contributed by atoms with Gasteiger partial charge in [0.2, 0.25) is 0 Å². The van der Waals surface area contributed by atoms with Gasteiger partial charge in [-0.15, -0.1) is 0 Å². The van der Waals surface area contributed by atoms with E-state index in [4.69, 9.17) is 5.73 Å². The van der Waals surface area contributed by atoms with Gasteiger partial charge in [-0.1, -0.05) is 44.2 Å². The molecule has 1 aromatic heterocycles. The van der Waals surface area contributed by atoms with Crippen LogP contribution in [0.1, 0.15) is 36.2 Å². The molecular formula is C25H31N5O3. The minimum absolute atomic E-state index is 0.00660. The Kier molecular flexibility index (Phi) is 7.37. The largest absolute Gasteiger partial charge is 0.383 e. The van der Waals surface area contributed by atoms with E-state index in [1.54, 1.807) is 12.1 Å². The van der Waals surface area contributed by atoms with Crippen molar-refractivity contribution >= 4 is 23.1 Å². The predicted octanol–water partition coefficient (Wildman–Crippen LogP) is 2.93. The van der Waals surface area contributed by atoms with Gasteiger partial charge in [-0.3, -0.25) is 19.1 Å². The van der Waals surface area contributed by atoms with Crippen LogP contribution in [-0.2, 0) is 6.54 Å².